The average molecular weight is 389 g/mol. The molecule has 1 aliphatic rings. The largest absolute Gasteiger partial charge is 0.290 e. The van der Waals surface area contributed by atoms with Crippen LogP contribution in [0.25, 0.3) is 10.9 Å². The van der Waals surface area contributed by atoms with E-state index in [1.807, 2.05) is 0 Å². The van der Waals surface area contributed by atoms with Crippen LogP contribution in [-0.4, -0.2) is 48.2 Å². The van der Waals surface area contributed by atoms with Crippen molar-refractivity contribution in [1.29, 1.82) is 5.26 Å². The summed E-state index contributed by atoms with van der Waals surface area (Å²) in [6.07, 6.45) is 2.20. The van der Waals surface area contributed by atoms with Crippen molar-refractivity contribution in [2.45, 2.75) is 13.0 Å². The molecule has 0 aliphatic carbocycles. The third-order valence-corrected chi connectivity index (χ3v) is 5.06. The third kappa shape index (κ3) is 3.53. The number of nitro benzene ring substituents is 1. The van der Waals surface area contributed by atoms with Crippen molar-refractivity contribution >= 4 is 51.6 Å². The van der Waals surface area contributed by atoms with Crippen LogP contribution in [0, 0.1) is 26.2 Å². The molecule has 1 aliphatic heterocycles. The molecule has 0 saturated carbocycles. The topological polar surface area (TPSA) is 130 Å². The molecule has 132 valence electrons. The number of thioether (sulfide) groups is 1. The standard InChI is InChI=1S/C14H11N7O3S2/c15-8-16-14-19(12(22)7-26-14)4-1-5-20-13(25)10-6-9(21(23)24)2-3-11(10)17-18-20/h2-3,6H,1,4-5,7H2/b16-14-. The number of hydrogen-bond donors (Lipinski definition) is 0. The van der Waals surface area contributed by atoms with E-state index in [0.29, 0.717) is 40.2 Å². The number of carbonyl (C=O) groups is 1. The van der Waals surface area contributed by atoms with Crippen LogP contribution in [-0.2, 0) is 11.3 Å². The summed E-state index contributed by atoms with van der Waals surface area (Å²) in [7, 11) is 0. The smallest absolute Gasteiger partial charge is 0.270 e. The van der Waals surface area contributed by atoms with Crippen LogP contribution in [0.2, 0.25) is 0 Å². The number of hydrogen-bond acceptors (Lipinski definition) is 9. The van der Waals surface area contributed by atoms with Crippen LogP contribution in [0.3, 0.4) is 0 Å². The molecule has 1 aromatic heterocycles. The molecular formula is C14H11N7O3S2. The summed E-state index contributed by atoms with van der Waals surface area (Å²) >= 11 is 6.59. The van der Waals surface area contributed by atoms with E-state index in [9.17, 15) is 14.9 Å². The lowest BCUT2D eigenvalue weighted by Gasteiger charge is -2.15. The van der Waals surface area contributed by atoms with Gasteiger partial charge in [-0.15, -0.1) is 10.1 Å². The lowest BCUT2D eigenvalue weighted by Crippen LogP contribution is -2.31. The van der Waals surface area contributed by atoms with Gasteiger partial charge in [-0.2, -0.15) is 5.26 Å². The number of nitro groups is 1. The molecule has 1 amide bonds. The third-order valence-electron chi connectivity index (χ3n) is 3.67. The molecule has 2 heterocycles. The lowest BCUT2D eigenvalue weighted by atomic mass is 10.2. The monoisotopic (exact) mass is 389 g/mol. The predicted molar refractivity (Wildman–Crippen MR) is 96.9 cm³/mol. The minimum Gasteiger partial charge on any atom is -0.290 e. The first kappa shape index (κ1) is 17.9. The Kier molecular flexibility index (Phi) is 5.19. The van der Waals surface area contributed by atoms with Crippen molar-refractivity contribution in [1.82, 2.24) is 19.9 Å². The fourth-order valence-corrected chi connectivity index (χ4v) is 3.60. The SMILES string of the molecule is N#C/N=C1\SCC(=O)N1CCCn1nnc2ccc([N+](=O)[O-])cc2c1=S. The van der Waals surface area contributed by atoms with Gasteiger partial charge in [0.1, 0.15) is 4.64 Å². The first-order valence-corrected chi connectivity index (χ1v) is 8.82. The van der Waals surface area contributed by atoms with Crippen LogP contribution in [0.5, 0.6) is 0 Å². The van der Waals surface area contributed by atoms with Crippen LogP contribution in [0.1, 0.15) is 6.42 Å². The molecule has 0 radical (unpaired) electrons. The minimum absolute atomic E-state index is 0.0693. The molecular weight excluding hydrogens is 378 g/mol. The van der Waals surface area contributed by atoms with Gasteiger partial charge in [0.05, 0.1) is 16.2 Å². The number of aromatic nitrogens is 3. The highest BCUT2D eigenvalue weighted by Crippen LogP contribution is 2.21. The van der Waals surface area contributed by atoms with Gasteiger partial charge in [-0.3, -0.25) is 19.8 Å². The van der Waals surface area contributed by atoms with Crippen LogP contribution in [0.15, 0.2) is 23.2 Å². The number of aryl methyl sites for hydroxylation is 1. The summed E-state index contributed by atoms with van der Waals surface area (Å²) in [4.78, 5) is 27.4. The van der Waals surface area contributed by atoms with Crippen molar-refractivity contribution in [2.75, 3.05) is 12.3 Å². The van der Waals surface area contributed by atoms with Crippen LogP contribution in [0.4, 0.5) is 5.69 Å². The molecule has 3 rings (SSSR count). The van der Waals surface area contributed by atoms with E-state index in [1.54, 1.807) is 6.19 Å². The van der Waals surface area contributed by atoms with Gasteiger partial charge in [-0.1, -0.05) is 29.2 Å². The number of aliphatic imine (C=N–C) groups is 1. The lowest BCUT2D eigenvalue weighted by molar-refractivity contribution is -0.384. The summed E-state index contributed by atoms with van der Waals surface area (Å²) in [6.45, 7) is 0.738. The fraction of sp³-hybridized carbons (Fsp3) is 0.286. The highest BCUT2D eigenvalue weighted by Gasteiger charge is 2.27. The van der Waals surface area contributed by atoms with Gasteiger partial charge in [0.15, 0.2) is 5.17 Å². The number of nitrogens with zero attached hydrogens (tertiary/aromatic N) is 7. The van der Waals surface area contributed by atoms with Crippen molar-refractivity contribution in [3.05, 3.63) is 33.0 Å². The van der Waals surface area contributed by atoms with Gasteiger partial charge >= 0.3 is 0 Å². The van der Waals surface area contributed by atoms with Gasteiger partial charge in [-0.05, 0) is 12.5 Å². The summed E-state index contributed by atoms with van der Waals surface area (Å²) in [5.74, 6) is 0.159. The second kappa shape index (κ2) is 7.54. The highest BCUT2D eigenvalue weighted by atomic mass is 32.2. The molecule has 12 heteroatoms. The van der Waals surface area contributed by atoms with E-state index in [2.05, 4.69) is 15.3 Å². The Morgan fingerprint density at radius 2 is 2.27 bits per heavy atom. The molecule has 1 aromatic carbocycles. The Morgan fingerprint density at radius 1 is 1.46 bits per heavy atom. The number of fused-ring (bicyclic) bond motifs is 1. The van der Waals surface area contributed by atoms with E-state index in [4.69, 9.17) is 17.5 Å². The normalized spacial score (nSPS) is 15.6. The summed E-state index contributed by atoms with van der Waals surface area (Å²) in [6, 6.07) is 4.23. The van der Waals surface area contributed by atoms with Gasteiger partial charge in [0.2, 0.25) is 12.1 Å². The maximum atomic E-state index is 11.8. The molecule has 0 unspecified atom stereocenters. The van der Waals surface area contributed by atoms with Gasteiger partial charge < -0.3 is 0 Å². The van der Waals surface area contributed by atoms with Gasteiger partial charge in [0, 0.05) is 30.6 Å². The zero-order valence-corrected chi connectivity index (χ0v) is 14.9. The molecule has 0 bridgehead atoms. The number of carbonyl (C=O) groups excluding carboxylic acids is 1. The van der Waals surface area contributed by atoms with E-state index < -0.39 is 4.92 Å². The van der Waals surface area contributed by atoms with Crippen molar-refractivity contribution in [3.8, 4) is 6.19 Å². The molecule has 1 saturated heterocycles. The number of benzene rings is 1. The Morgan fingerprint density at radius 3 is 3.00 bits per heavy atom. The molecule has 10 nitrogen and oxygen atoms in total. The average Bonchev–Trinajstić information content (AvgIpc) is 2.97. The Balaban J connectivity index is 1.77. The van der Waals surface area contributed by atoms with E-state index in [-0.39, 0.29) is 17.3 Å². The first-order chi connectivity index (χ1) is 12.5. The molecule has 0 atom stereocenters. The molecule has 2 aromatic rings. The zero-order chi connectivity index (χ0) is 18.7. The summed E-state index contributed by atoms with van der Waals surface area (Å²) in [5.41, 5.74) is 0.409. The van der Waals surface area contributed by atoms with Crippen molar-refractivity contribution < 1.29 is 9.72 Å². The number of amidine groups is 1. The van der Waals surface area contributed by atoms with E-state index in [1.165, 1.54) is 39.5 Å². The quantitative estimate of drug-likeness (QED) is 0.328. The van der Waals surface area contributed by atoms with E-state index >= 15 is 0 Å². The number of amides is 1. The minimum atomic E-state index is -0.494. The number of nitriles is 1. The molecule has 1 fully saturated rings. The van der Waals surface area contributed by atoms with Gasteiger partial charge in [-0.25, -0.2) is 4.68 Å². The van der Waals surface area contributed by atoms with E-state index in [0.717, 1.165) is 0 Å². The molecule has 0 spiro atoms. The van der Waals surface area contributed by atoms with Crippen LogP contribution < -0.4 is 0 Å². The maximum absolute atomic E-state index is 11.8. The van der Waals surface area contributed by atoms with Crippen molar-refractivity contribution in [3.63, 3.8) is 0 Å². The summed E-state index contributed by atoms with van der Waals surface area (Å²) in [5, 5.41) is 28.5. The maximum Gasteiger partial charge on any atom is 0.270 e. The first-order valence-electron chi connectivity index (χ1n) is 7.43. The zero-order valence-electron chi connectivity index (χ0n) is 13.2. The predicted octanol–water partition coefficient (Wildman–Crippen LogP) is 1.87. The Bertz CT molecular complexity index is 1030. The van der Waals surface area contributed by atoms with Gasteiger partial charge in [0.25, 0.3) is 5.69 Å². The second-order valence-corrected chi connectivity index (χ2v) is 6.59. The number of non-ortho nitro benzene ring substituents is 1. The Hall–Kier alpha value is -2.91. The molecule has 26 heavy (non-hydrogen) atoms. The Labute approximate surface area is 156 Å². The number of rotatable bonds is 5. The second-order valence-electron chi connectivity index (χ2n) is 5.26. The van der Waals surface area contributed by atoms with Crippen LogP contribution >= 0.6 is 24.0 Å². The molecule has 0 N–H and O–H groups in total. The summed E-state index contributed by atoms with van der Waals surface area (Å²) < 4.78 is 1.81. The fourth-order valence-electron chi connectivity index (χ4n) is 2.45. The van der Waals surface area contributed by atoms with Crippen molar-refractivity contribution in [2.24, 2.45) is 4.99 Å². The highest BCUT2D eigenvalue weighted by molar-refractivity contribution is 8.15.